The molecule has 1 heterocycles. The SMILES string of the molecule is O=C(/C=N\N1CCCC1)c1ccccc1. The van der Waals surface area contributed by atoms with Gasteiger partial charge in [-0.2, -0.15) is 5.10 Å². The number of rotatable bonds is 3. The number of hydrogen-bond acceptors (Lipinski definition) is 3. The number of Topliss-reactive ketones (excluding diaryl/α,β-unsaturated/α-hetero) is 1. The molecule has 1 aromatic carbocycles. The van der Waals surface area contributed by atoms with E-state index in [9.17, 15) is 4.79 Å². The first-order valence-corrected chi connectivity index (χ1v) is 5.24. The molecule has 0 amide bonds. The van der Waals surface area contributed by atoms with Gasteiger partial charge in [0.05, 0.1) is 6.21 Å². The summed E-state index contributed by atoms with van der Waals surface area (Å²) in [6.45, 7) is 1.94. The Morgan fingerprint density at radius 3 is 2.53 bits per heavy atom. The van der Waals surface area contributed by atoms with Gasteiger partial charge in [-0.1, -0.05) is 30.3 Å². The van der Waals surface area contributed by atoms with Gasteiger partial charge in [0, 0.05) is 18.7 Å². The van der Waals surface area contributed by atoms with Crippen LogP contribution >= 0.6 is 0 Å². The molecule has 0 saturated carbocycles. The number of ketones is 1. The lowest BCUT2D eigenvalue weighted by molar-refractivity contribution is 0.106. The fourth-order valence-corrected chi connectivity index (χ4v) is 1.63. The second kappa shape index (κ2) is 4.73. The first-order chi connectivity index (χ1) is 7.36. The van der Waals surface area contributed by atoms with Crippen LogP contribution in [0.3, 0.4) is 0 Å². The number of nitrogens with zero attached hydrogens (tertiary/aromatic N) is 2. The zero-order valence-electron chi connectivity index (χ0n) is 8.60. The summed E-state index contributed by atoms with van der Waals surface area (Å²) < 4.78 is 0. The molecule has 15 heavy (non-hydrogen) atoms. The smallest absolute Gasteiger partial charge is 0.205 e. The molecule has 0 radical (unpaired) electrons. The molecule has 0 atom stereocenters. The number of hydrazone groups is 1. The maximum Gasteiger partial charge on any atom is 0.205 e. The van der Waals surface area contributed by atoms with Crippen molar-refractivity contribution in [3.8, 4) is 0 Å². The van der Waals surface area contributed by atoms with Crippen molar-refractivity contribution in [1.29, 1.82) is 0 Å². The molecule has 3 heteroatoms. The van der Waals surface area contributed by atoms with Gasteiger partial charge in [0.2, 0.25) is 5.78 Å². The molecule has 2 rings (SSSR count). The summed E-state index contributed by atoms with van der Waals surface area (Å²) in [7, 11) is 0. The van der Waals surface area contributed by atoms with Crippen molar-refractivity contribution in [2.45, 2.75) is 12.8 Å². The van der Waals surface area contributed by atoms with Crippen LogP contribution in [0.25, 0.3) is 0 Å². The average molecular weight is 202 g/mol. The van der Waals surface area contributed by atoms with Gasteiger partial charge in [-0.25, -0.2) is 0 Å². The third-order valence-electron chi connectivity index (χ3n) is 2.48. The number of carbonyl (C=O) groups is 1. The zero-order valence-corrected chi connectivity index (χ0v) is 8.60. The van der Waals surface area contributed by atoms with Crippen LogP contribution < -0.4 is 0 Å². The van der Waals surface area contributed by atoms with Crippen molar-refractivity contribution in [2.75, 3.05) is 13.1 Å². The molecular formula is C12H14N2O. The Balaban J connectivity index is 1.97. The molecule has 1 saturated heterocycles. The van der Waals surface area contributed by atoms with Crippen LogP contribution in [-0.4, -0.2) is 30.1 Å². The molecule has 0 unspecified atom stereocenters. The van der Waals surface area contributed by atoms with E-state index in [2.05, 4.69) is 5.10 Å². The summed E-state index contributed by atoms with van der Waals surface area (Å²) >= 11 is 0. The lowest BCUT2D eigenvalue weighted by Crippen LogP contribution is -2.13. The quantitative estimate of drug-likeness (QED) is 0.554. The molecule has 1 aliphatic heterocycles. The number of benzene rings is 1. The highest BCUT2D eigenvalue weighted by atomic mass is 16.1. The average Bonchev–Trinajstić information content (AvgIpc) is 2.80. The maximum absolute atomic E-state index is 11.6. The van der Waals surface area contributed by atoms with Crippen molar-refractivity contribution in [3.63, 3.8) is 0 Å². The van der Waals surface area contributed by atoms with E-state index in [4.69, 9.17) is 0 Å². The zero-order chi connectivity index (χ0) is 10.5. The Bertz CT molecular complexity index is 353. The fourth-order valence-electron chi connectivity index (χ4n) is 1.63. The van der Waals surface area contributed by atoms with E-state index in [0.29, 0.717) is 5.56 Å². The van der Waals surface area contributed by atoms with Gasteiger partial charge in [-0.05, 0) is 12.8 Å². The third-order valence-corrected chi connectivity index (χ3v) is 2.48. The first-order valence-electron chi connectivity index (χ1n) is 5.24. The minimum Gasteiger partial charge on any atom is -0.297 e. The third kappa shape index (κ3) is 2.65. The van der Waals surface area contributed by atoms with Gasteiger partial charge in [0.1, 0.15) is 0 Å². The summed E-state index contributed by atoms with van der Waals surface area (Å²) in [4.78, 5) is 11.6. The molecular weight excluding hydrogens is 188 g/mol. The van der Waals surface area contributed by atoms with Crippen LogP contribution in [-0.2, 0) is 0 Å². The van der Waals surface area contributed by atoms with Gasteiger partial charge < -0.3 is 0 Å². The molecule has 0 aliphatic carbocycles. The van der Waals surface area contributed by atoms with Crippen LogP contribution in [0, 0.1) is 0 Å². The summed E-state index contributed by atoms with van der Waals surface area (Å²) in [5, 5.41) is 6.10. The van der Waals surface area contributed by atoms with Crippen molar-refractivity contribution in [3.05, 3.63) is 35.9 Å². The van der Waals surface area contributed by atoms with Crippen molar-refractivity contribution in [1.82, 2.24) is 5.01 Å². The second-order valence-electron chi connectivity index (χ2n) is 3.64. The van der Waals surface area contributed by atoms with Gasteiger partial charge in [0.15, 0.2) is 0 Å². The largest absolute Gasteiger partial charge is 0.297 e. The lowest BCUT2D eigenvalue weighted by atomic mass is 10.1. The molecule has 3 nitrogen and oxygen atoms in total. The monoisotopic (exact) mass is 202 g/mol. The second-order valence-corrected chi connectivity index (χ2v) is 3.64. The molecule has 0 spiro atoms. The molecule has 1 fully saturated rings. The summed E-state index contributed by atoms with van der Waals surface area (Å²) in [5.74, 6) is -0.0255. The van der Waals surface area contributed by atoms with E-state index in [-0.39, 0.29) is 5.78 Å². The fraction of sp³-hybridized carbons (Fsp3) is 0.333. The van der Waals surface area contributed by atoms with E-state index in [0.717, 1.165) is 13.1 Å². The van der Waals surface area contributed by atoms with Crippen LogP contribution in [0.1, 0.15) is 23.2 Å². The topological polar surface area (TPSA) is 32.7 Å². The molecule has 0 bridgehead atoms. The Kier molecular flexibility index (Phi) is 3.12. The van der Waals surface area contributed by atoms with Crippen molar-refractivity contribution >= 4 is 12.0 Å². The highest BCUT2D eigenvalue weighted by molar-refractivity contribution is 6.35. The molecule has 0 N–H and O–H groups in total. The van der Waals surface area contributed by atoms with Crippen LogP contribution in [0.15, 0.2) is 35.4 Å². The summed E-state index contributed by atoms with van der Waals surface area (Å²) in [6.07, 6.45) is 3.77. The van der Waals surface area contributed by atoms with Gasteiger partial charge >= 0.3 is 0 Å². The predicted molar refractivity (Wildman–Crippen MR) is 60.1 cm³/mol. The molecule has 1 aromatic rings. The van der Waals surface area contributed by atoms with E-state index in [1.54, 1.807) is 12.1 Å². The highest BCUT2D eigenvalue weighted by Gasteiger charge is 2.08. The number of carbonyl (C=O) groups excluding carboxylic acids is 1. The van der Waals surface area contributed by atoms with Crippen molar-refractivity contribution < 1.29 is 4.79 Å². The lowest BCUT2D eigenvalue weighted by Gasteiger charge is -2.08. The Morgan fingerprint density at radius 1 is 1.20 bits per heavy atom. The minimum absolute atomic E-state index is 0.0255. The van der Waals surface area contributed by atoms with Crippen LogP contribution in [0.5, 0.6) is 0 Å². The normalized spacial score (nSPS) is 16.1. The standard InChI is InChI=1S/C12H14N2O/c15-12(11-6-2-1-3-7-11)10-13-14-8-4-5-9-14/h1-3,6-7,10H,4-5,8-9H2/b13-10-. The Hall–Kier alpha value is -1.64. The van der Waals surface area contributed by atoms with Crippen LogP contribution in [0.2, 0.25) is 0 Å². The highest BCUT2D eigenvalue weighted by Crippen LogP contribution is 2.07. The summed E-state index contributed by atoms with van der Waals surface area (Å²) in [5.41, 5.74) is 0.695. The van der Waals surface area contributed by atoms with E-state index >= 15 is 0 Å². The number of hydrogen-bond donors (Lipinski definition) is 0. The predicted octanol–water partition coefficient (Wildman–Crippen LogP) is 1.95. The summed E-state index contributed by atoms with van der Waals surface area (Å²) in [6, 6.07) is 9.22. The molecule has 1 aliphatic rings. The van der Waals surface area contributed by atoms with Gasteiger partial charge in [-0.15, -0.1) is 0 Å². The van der Waals surface area contributed by atoms with Gasteiger partial charge in [0.25, 0.3) is 0 Å². The molecule has 78 valence electrons. The van der Waals surface area contributed by atoms with Gasteiger partial charge in [-0.3, -0.25) is 9.80 Å². The Labute approximate surface area is 89.4 Å². The minimum atomic E-state index is -0.0255. The first kappa shape index (κ1) is 9.90. The van der Waals surface area contributed by atoms with E-state index < -0.39 is 0 Å². The van der Waals surface area contributed by atoms with Crippen LogP contribution in [0.4, 0.5) is 0 Å². The maximum atomic E-state index is 11.6. The van der Waals surface area contributed by atoms with E-state index in [1.165, 1.54) is 19.1 Å². The Morgan fingerprint density at radius 2 is 1.87 bits per heavy atom. The van der Waals surface area contributed by atoms with Crippen molar-refractivity contribution in [2.24, 2.45) is 5.10 Å². The molecule has 0 aromatic heterocycles. The van der Waals surface area contributed by atoms with E-state index in [1.807, 2.05) is 23.2 Å².